The van der Waals surface area contributed by atoms with Gasteiger partial charge in [0, 0.05) is 4.88 Å². The number of nitrogens with one attached hydrogen (secondary N) is 1. The SMILES string of the molecule is CC1CCc2c(sc(NC(=O)COc3ccc(C4CCCCC4)cc3)c2C(N)=O)C1. The summed E-state index contributed by atoms with van der Waals surface area (Å²) in [6.07, 6.45) is 9.28. The molecule has 160 valence electrons. The third-order valence-electron chi connectivity index (χ3n) is 6.34. The number of ether oxygens (including phenoxy) is 1. The number of carbonyl (C=O) groups is 2. The van der Waals surface area contributed by atoms with Crippen LogP contribution in [0.15, 0.2) is 24.3 Å². The molecule has 4 rings (SSSR count). The Balaban J connectivity index is 1.36. The van der Waals surface area contributed by atoms with E-state index >= 15 is 0 Å². The van der Waals surface area contributed by atoms with Crippen molar-refractivity contribution < 1.29 is 14.3 Å². The van der Waals surface area contributed by atoms with Gasteiger partial charge in [-0.2, -0.15) is 0 Å². The zero-order valence-corrected chi connectivity index (χ0v) is 18.4. The van der Waals surface area contributed by atoms with E-state index in [4.69, 9.17) is 10.5 Å². The monoisotopic (exact) mass is 426 g/mol. The highest BCUT2D eigenvalue weighted by molar-refractivity contribution is 7.17. The van der Waals surface area contributed by atoms with Crippen LogP contribution in [0.2, 0.25) is 0 Å². The quantitative estimate of drug-likeness (QED) is 0.679. The maximum atomic E-state index is 12.5. The van der Waals surface area contributed by atoms with E-state index in [2.05, 4.69) is 24.4 Å². The minimum absolute atomic E-state index is 0.0973. The number of benzene rings is 1. The molecule has 6 heteroatoms. The van der Waals surface area contributed by atoms with Crippen LogP contribution in [0.25, 0.3) is 0 Å². The van der Waals surface area contributed by atoms with Gasteiger partial charge in [-0.1, -0.05) is 38.3 Å². The number of carbonyl (C=O) groups excluding carboxylic acids is 2. The van der Waals surface area contributed by atoms with Crippen molar-refractivity contribution in [2.45, 2.75) is 64.2 Å². The Hall–Kier alpha value is -2.34. The van der Waals surface area contributed by atoms with Gasteiger partial charge in [-0.05, 0) is 67.2 Å². The van der Waals surface area contributed by atoms with Crippen molar-refractivity contribution >= 4 is 28.2 Å². The van der Waals surface area contributed by atoms with Gasteiger partial charge in [0.1, 0.15) is 10.8 Å². The molecular formula is C24H30N2O3S. The molecule has 2 amide bonds. The molecule has 30 heavy (non-hydrogen) atoms. The van der Waals surface area contributed by atoms with Crippen LogP contribution in [0.5, 0.6) is 5.75 Å². The van der Waals surface area contributed by atoms with Crippen LogP contribution in [-0.4, -0.2) is 18.4 Å². The highest BCUT2D eigenvalue weighted by atomic mass is 32.1. The van der Waals surface area contributed by atoms with Gasteiger partial charge in [0.2, 0.25) is 0 Å². The lowest BCUT2D eigenvalue weighted by Crippen LogP contribution is -2.22. The summed E-state index contributed by atoms with van der Waals surface area (Å²) in [5.41, 5.74) is 8.47. The first-order valence-electron chi connectivity index (χ1n) is 11.0. The number of fused-ring (bicyclic) bond motifs is 1. The Morgan fingerprint density at radius 3 is 2.57 bits per heavy atom. The summed E-state index contributed by atoms with van der Waals surface area (Å²) in [4.78, 5) is 25.6. The molecule has 1 aromatic carbocycles. The number of anilines is 1. The van der Waals surface area contributed by atoms with Crippen molar-refractivity contribution in [3.05, 3.63) is 45.8 Å². The minimum Gasteiger partial charge on any atom is -0.484 e. The summed E-state index contributed by atoms with van der Waals surface area (Å²) < 4.78 is 5.68. The van der Waals surface area contributed by atoms with Crippen LogP contribution < -0.4 is 15.8 Å². The fourth-order valence-corrected chi connectivity index (χ4v) is 6.12. The molecule has 3 N–H and O–H groups in total. The highest BCUT2D eigenvalue weighted by Crippen LogP contribution is 2.39. The lowest BCUT2D eigenvalue weighted by molar-refractivity contribution is -0.118. The number of amides is 2. The Morgan fingerprint density at radius 2 is 1.87 bits per heavy atom. The van der Waals surface area contributed by atoms with Gasteiger partial charge in [-0.3, -0.25) is 9.59 Å². The molecule has 0 bridgehead atoms. The van der Waals surface area contributed by atoms with Crippen molar-refractivity contribution in [1.82, 2.24) is 0 Å². The third-order valence-corrected chi connectivity index (χ3v) is 7.51. The largest absolute Gasteiger partial charge is 0.484 e. The maximum Gasteiger partial charge on any atom is 0.262 e. The van der Waals surface area contributed by atoms with Crippen LogP contribution in [0.1, 0.15) is 77.7 Å². The molecule has 0 aliphatic heterocycles. The smallest absolute Gasteiger partial charge is 0.262 e. The summed E-state index contributed by atoms with van der Waals surface area (Å²) in [5.74, 6) is 1.16. The predicted octanol–water partition coefficient (Wildman–Crippen LogP) is 5.04. The molecule has 0 saturated heterocycles. The van der Waals surface area contributed by atoms with Gasteiger partial charge in [0.15, 0.2) is 6.61 Å². The van der Waals surface area contributed by atoms with E-state index in [-0.39, 0.29) is 12.5 Å². The first-order chi connectivity index (χ1) is 14.5. The molecule has 2 aromatic rings. The van der Waals surface area contributed by atoms with Crippen LogP contribution in [0, 0.1) is 5.92 Å². The zero-order chi connectivity index (χ0) is 21.1. The predicted molar refractivity (Wildman–Crippen MR) is 120 cm³/mol. The second kappa shape index (κ2) is 9.21. The molecular weight excluding hydrogens is 396 g/mol. The van der Waals surface area contributed by atoms with Crippen molar-refractivity contribution in [3.63, 3.8) is 0 Å². The maximum absolute atomic E-state index is 12.5. The van der Waals surface area contributed by atoms with Gasteiger partial charge in [0.25, 0.3) is 11.8 Å². The standard InChI is InChI=1S/C24H30N2O3S/c1-15-7-12-19-20(13-15)30-24(22(19)23(25)28)26-21(27)14-29-18-10-8-17(9-11-18)16-5-3-2-4-6-16/h8-11,15-16H,2-7,12-14H2,1H3,(H2,25,28)(H,26,27). The Kier molecular flexibility index (Phi) is 6.42. The molecule has 1 unspecified atom stereocenters. The molecule has 1 heterocycles. The molecule has 1 atom stereocenters. The fraction of sp³-hybridized carbons (Fsp3) is 0.500. The van der Waals surface area contributed by atoms with Gasteiger partial charge in [-0.25, -0.2) is 0 Å². The second-order valence-electron chi connectivity index (χ2n) is 8.66. The van der Waals surface area contributed by atoms with E-state index in [0.717, 1.165) is 29.7 Å². The van der Waals surface area contributed by atoms with Crippen molar-refractivity contribution in [2.24, 2.45) is 11.7 Å². The summed E-state index contributed by atoms with van der Waals surface area (Å²) in [6, 6.07) is 8.11. The average molecular weight is 427 g/mol. The van der Waals surface area contributed by atoms with Crippen molar-refractivity contribution in [2.75, 3.05) is 11.9 Å². The van der Waals surface area contributed by atoms with Gasteiger partial charge < -0.3 is 15.8 Å². The molecule has 1 saturated carbocycles. The summed E-state index contributed by atoms with van der Waals surface area (Å²) in [7, 11) is 0. The van der Waals surface area contributed by atoms with Crippen LogP contribution >= 0.6 is 11.3 Å². The number of nitrogens with two attached hydrogens (primary N) is 1. The minimum atomic E-state index is -0.475. The van der Waals surface area contributed by atoms with E-state index in [1.807, 2.05) is 12.1 Å². The Bertz CT molecular complexity index is 913. The van der Waals surface area contributed by atoms with Crippen molar-refractivity contribution in [1.29, 1.82) is 0 Å². The lowest BCUT2D eigenvalue weighted by atomic mass is 9.84. The van der Waals surface area contributed by atoms with E-state index in [0.29, 0.717) is 28.1 Å². The van der Waals surface area contributed by atoms with Crippen LogP contribution in [0.3, 0.4) is 0 Å². The molecule has 2 aliphatic carbocycles. The molecule has 2 aliphatic rings. The van der Waals surface area contributed by atoms with E-state index < -0.39 is 5.91 Å². The molecule has 1 aromatic heterocycles. The van der Waals surface area contributed by atoms with E-state index in [1.165, 1.54) is 49.0 Å². The number of thiophene rings is 1. The third kappa shape index (κ3) is 4.69. The molecule has 1 fully saturated rings. The normalized spacial score (nSPS) is 19.2. The highest BCUT2D eigenvalue weighted by Gasteiger charge is 2.27. The summed E-state index contributed by atoms with van der Waals surface area (Å²) >= 11 is 1.47. The first-order valence-corrected chi connectivity index (χ1v) is 11.8. The second-order valence-corrected chi connectivity index (χ2v) is 9.77. The molecule has 0 spiro atoms. The van der Waals surface area contributed by atoms with Gasteiger partial charge in [0.05, 0.1) is 5.56 Å². The van der Waals surface area contributed by atoms with E-state index in [1.54, 1.807) is 0 Å². The lowest BCUT2D eigenvalue weighted by Gasteiger charge is -2.22. The number of hydrogen-bond acceptors (Lipinski definition) is 4. The Labute approximate surface area is 182 Å². The Morgan fingerprint density at radius 1 is 1.13 bits per heavy atom. The summed E-state index contributed by atoms with van der Waals surface area (Å²) in [6.45, 7) is 2.11. The zero-order valence-electron chi connectivity index (χ0n) is 17.5. The molecule has 0 radical (unpaired) electrons. The van der Waals surface area contributed by atoms with E-state index in [9.17, 15) is 9.59 Å². The van der Waals surface area contributed by atoms with Gasteiger partial charge in [-0.15, -0.1) is 11.3 Å². The summed E-state index contributed by atoms with van der Waals surface area (Å²) in [5, 5.41) is 3.41. The number of hydrogen-bond donors (Lipinski definition) is 2. The average Bonchev–Trinajstić information content (AvgIpc) is 3.10. The van der Waals surface area contributed by atoms with Gasteiger partial charge >= 0.3 is 0 Å². The van der Waals surface area contributed by atoms with Crippen LogP contribution in [0.4, 0.5) is 5.00 Å². The van der Waals surface area contributed by atoms with Crippen molar-refractivity contribution in [3.8, 4) is 5.75 Å². The topological polar surface area (TPSA) is 81.4 Å². The molecule has 5 nitrogen and oxygen atoms in total. The number of rotatable bonds is 6. The first kappa shape index (κ1) is 20.9. The number of primary amides is 1. The van der Waals surface area contributed by atoms with Crippen LogP contribution in [-0.2, 0) is 17.6 Å². The fourth-order valence-electron chi connectivity index (χ4n) is 4.68.